The Labute approximate surface area is 93.9 Å². The quantitative estimate of drug-likeness (QED) is 0.689. The minimum absolute atomic E-state index is 0.814. The van der Waals surface area contributed by atoms with Crippen LogP contribution in [0.1, 0.15) is 39.2 Å². The van der Waals surface area contributed by atoms with Crippen molar-refractivity contribution in [1.29, 1.82) is 0 Å². The molecule has 0 spiro atoms. The van der Waals surface area contributed by atoms with Gasteiger partial charge >= 0.3 is 0 Å². The van der Waals surface area contributed by atoms with Crippen LogP contribution in [0.4, 0.5) is 5.69 Å². The molecule has 1 heteroatoms. The van der Waals surface area contributed by atoms with Crippen LogP contribution in [-0.2, 0) is 6.42 Å². The monoisotopic (exact) mass is 205 g/mol. The summed E-state index contributed by atoms with van der Waals surface area (Å²) in [6.45, 7) is 7.83. The normalized spacial score (nSPS) is 10.7. The minimum Gasteiger partial charge on any atom is -0.385 e. The Morgan fingerprint density at radius 1 is 1.27 bits per heavy atom. The van der Waals surface area contributed by atoms with Crippen molar-refractivity contribution >= 4 is 5.69 Å². The van der Waals surface area contributed by atoms with Gasteiger partial charge in [0, 0.05) is 12.2 Å². The van der Waals surface area contributed by atoms with Gasteiger partial charge in [0.1, 0.15) is 0 Å². The number of hydrogen-bond donors (Lipinski definition) is 1. The lowest BCUT2D eigenvalue weighted by Gasteiger charge is -2.08. The van der Waals surface area contributed by atoms with Gasteiger partial charge in [0.2, 0.25) is 0 Å². The third-order valence-corrected chi connectivity index (χ3v) is 2.62. The number of benzene rings is 1. The third kappa shape index (κ3) is 4.87. The lowest BCUT2D eigenvalue weighted by atomic mass is 10.1. The molecule has 0 saturated carbocycles. The van der Waals surface area contributed by atoms with Crippen LogP contribution in [0.15, 0.2) is 24.3 Å². The third-order valence-electron chi connectivity index (χ3n) is 2.62. The van der Waals surface area contributed by atoms with Crippen molar-refractivity contribution in [2.75, 3.05) is 11.9 Å². The average Bonchev–Trinajstić information content (AvgIpc) is 2.24. The standard InChI is InChI=1S/C14H23N/c1-4-13-8-5-9-14(11-13)15-10-6-7-12(2)3/h5,8-9,11-12,15H,4,6-7,10H2,1-3H3. The van der Waals surface area contributed by atoms with E-state index in [9.17, 15) is 0 Å². The first-order valence-electron chi connectivity index (χ1n) is 6.05. The largest absolute Gasteiger partial charge is 0.385 e. The van der Waals surface area contributed by atoms with Crippen LogP contribution in [0.5, 0.6) is 0 Å². The highest BCUT2D eigenvalue weighted by Gasteiger charge is 1.95. The molecule has 1 rings (SSSR count). The molecule has 0 aliphatic rings. The van der Waals surface area contributed by atoms with E-state index in [1.54, 1.807) is 0 Å². The smallest absolute Gasteiger partial charge is 0.0342 e. The Bertz CT molecular complexity index is 278. The number of hydrogen-bond acceptors (Lipinski definition) is 1. The Morgan fingerprint density at radius 2 is 2.07 bits per heavy atom. The van der Waals surface area contributed by atoms with Crippen LogP contribution in [-0.4, -0.2) is 6.54 Å². The maximum atomic E-state index is 3.47. The molecule has 0 bridgehead atoms. The van der Waals surface area contributed by atoms with Crippen LogP contribution in [0.2, 0.25) is 0 Å². The predicted molar refractivity (Wildman–Crippen MR) is 68.4 cm³/mol. The summed E-state index contributed by atoms with van der Waals surface area (Å²) in [6.07, 6.45) is 3.68. The summed E-state index contributed by atoms with van der Waals surface area (Å²) in [7, 11) is 0. The van der Waals surface area contributed by atoms with E-state index in [4.69, 9.17) is 0 Å². The Hall–Kier alpha value is -0.980. The van der Waals surface area contributed by atoms with E-state index in [1.165, 1.54) is 24.1 Å². The number of anilines is 1. The Kier molecular flexibility index (Phi) is 5.23. The van der Waals surface area contributed by atoms with Crippen molar-refractivity contribution in [2.24, 2.45) is 5.92 Å². The van der Waals surface area contributed by atoms with E-state index >= 15 is 0 Å². The molecule has 0 aromatic heterocycles. The van der Waals surface area contributed by atoms with Gasteiger partial charge < -0.3 is 5.32 Å². The molecule has 0 amide bonds. The molecule has 0 heterocycles. The van der Waals surface area contributed by atoms with E-state index in [2.05, 4.69) is 50.4 Å². The molecular weight excluding hydrogens is 182 g/mol. The molecule has 84 valence electrons. The fraction of sp³-hybridized carbons (Fsp3) is 0.571. The molecule has 0 saturated heterocycles. The van der Waals surface area contributed by atoms with Gasteiger partial charge in [-0.3, -0.25) is 0 Å². The molecule has 0 atom stereocenters. The summed E-state index contributed by atoms with van der Waals surface area (Å²) in [4.78, 5) is 0. The van der Waals surface area contributed by atoms with Gasteiger partial charge in [0.15, 0.2) is 0 Å². The predicted octanol–water partition coefficient (Wildman–Crippen LogP) is 4.10. The fourth-order valence-corrected chi connectivity index (χ4v) is 1.64. The highest BCUT2D eigenvalue weighted by Crippen LogP contribution is 2.11. The maximum absolute atomic E-state index is 3.47. The van der Waals surface area contributed by atoms with Crippen molar-refractivity contribution in [3.05, 3.63) is 29.8 Å². The van der Waals surface area contributed by atoms with Gasteiger partial charge in [0.05, 0.1) is 0 Å². The molecule has 1 N–H and O–H groups in total. The van der Waals surface area contributed by atoms with Crippen LogP contribution < -0.4 is 5.32 Å². The zero-order valence-electron chi connectivity index (χ0n) is 10.2. The summed E-state index contributed by atoms with van der Waals surface area (Å²) in [6, 6.07) is 8.70. The molecule has 1 nitrogen and oxygen atoms in total. The van der Waals surface area contributed by atoms with Gasteiger partial charge in [-0.25, -0.2) is 0 Å². The van der Waals surface area contributed by atoms with Crippen LogP contribution >= 0.6 is 0 Å². The van der Waals surface area contributed by atoms with Gasteiger partial charge in [-0.2, -0.15) is 0 Å². The van der Waals surface area contributed by atoms with Crippen molar-refractivity contribution < 1.29 is 0 Å². The molecular formula is C14H23N. The Balaban J connectivity index is 2.30. The molecule has 1 aromatic carbocycles. The average molecular weight is 205 g/mol. The number of rotatable bonds is 6. The summed E-state index contributed by atoms with van der Waals surface area (Å²) in [5.41, 5.74) is 2.67. The summed E-state index contributed by atoms with van der Waals surface area (Å²) in [5, 5.41) is 3.47. The van der Waals surface area contributed by atoms with E-state index in [-0.39, 0.29) is 0 Å². The highest BCUT2D eigenvalue weighted by molar-refractivity contribution is 5.45. The van der Waals surface area contributed by atoms with Crippen LogP contribution in [0.3, 0.4) is 0 Å². The molecule has 1 aromatic rings. The second-order valence-corrected chi connectivity index (χ2v) is 4.52. The molecule has 0 radical (unpaired) electrons. The zero-order chi connectivity index (χ0) is 11.1. The van der Waals surface area contributed by atoms with Crippen LogP contribution in [0, 0.1) is 5.92 Å². The van der Waals surface area contributed by atoms with Gasteiger partial charge in [0.25, 0.3) is 0 Å². The van der Waals surface area contributed by atoms with Crippen molar-refractivity contribution in [3.63, 3.8) is 0 Å². The van der Waals surface area contributed by atoms with E-state index in [0.717, 1.165) is 18.9 Å². The van der Waals surface area contributed by atoms with Crippen molar-refractivity contribution in [3.8, 4) is 0 Å². The molecule has 0 aliphatic carbocycles. The summed E-state index contributed by atoms with van der Waals surface area (Å²) < 4.78 is 0. The van der Waals surface area contributed by atoms with Gasteiger partial charge in [-0.1, -0.05) is 32.9 Å². The summed E-state index contributed by atoms with van der Waals surface area (Å²) in [5.74, 6) is 0.814. The number of nitrogens with one attached hydrogen (secondary N) is 1. The molecule has 0 aliphatic heterocycles. The first kappa shape index (κ1) is 12.1. The van der Waals surface area contributed by atoms with E-state index in [0.29, 0.717) is 0 Å². The second kappa shape index (κ2) is 6.49. The highest BCUT2D eigenvalue weighted by atomic mass is 14.9. The van der Waals surface area contributed by atoms with Crippen molar-refractivity contribution in [1.82, 2.24) is 0 Å². The van der Waals surface area contributed by atoms with Crippen molar-refractivity contribution in [2.45, 2.75) is 40.0 Å². The molecule has 0 unspecified atom stereocenters. The summed E-state index contributed by atoms with van der Waals surface area (Å²) >= 11 is 0. The maximum Gasteiger partial charge on any atom is 0.0342 e. The lowest BCUT2D eigenvalue weighted by Crippen LogP contribution is -2.03. The van der Waals surface area contributed by atoms with E-state index < -0.39 is 0 Å². The lowest BCUT2D eigenvalue weighted by molar-refractivity contribution is 0.567. The molecule has 0 fully saturated rings. The number of aryl methyl sites for hydroxylation is 1. The zero-order valence-corrected chi connectivity index (χ0v) is 10.2. The first-order chi connectivity index (χ1) is 7.22. The van der Waals surface area contributed by atoms with Crippen LogP contribution in [0.25, 0.3) is 0 Å². The first-order valence-corrected chi connectivity index (χ1v) is 6.05. The molecule has 15 heavy (non-hydrogen) atoms. The van der Waals surface area contributed by atoms with Gasteiger partial charge in [-0.15, -0.1) is 0 Å². The minimum atomic E-state index is 0.814. The fourth-order valence-electron chi connectivity index (χ4n) is 1.64. The topological polar surface area (TPSA) is 12.0 Å². The Morgan fingerprint density at radius 3 is 2.73 bits per heavy atom. The second-order valence-electron chi connectivity index (χ2n) is 4.52. The van der Waals surface area contributed by atoms with Gasteiger partial charge in [-0.05, 0) is 42.9 Å². The van der Waals surface area contributed by atoms with E-state index in [1.807, 2.05) is 0 Å². The SMILES string of the molecule is CCc1cccc(NCCCC(C)C)c1.